The predicted octanol–water partition coefficient (Wildman–Crippen LogP) is 1.71. The number of aliphatic hydroxyl groups is 1. The van der Waals surface area contributed by atoms with Crippen LogP contribution in [0.1, 0.15) is 37.7 Å². The number of aryl methyl sites for hydroxylation is 1. The third kappa shape index (κ3) is 4.33. The Kier molecular flexibility index (Phi) is 5.85. The van der Waals surface area contributed by atoms with Crippen LogP contribution in [0.5, 0.6) is 0 Å². The average Bonchev–Trinajstić information content (AvgIpc) is 2.61. The van der Waals surface area contributed by atoms with E-state index in [1.54, 1.807) is 0 Å². The lowest BCUT2D eigenvalue weighted by molar-refractivity contribution is -0.139. The van der Waals surface area contributed by atoms with Crippen LogP contribution in [0.25, 0.3) is 0 Å². The summed E-state index contributed by atoms with van der Waals surface area (Å²) in [6, 6.07) is 4.15. The average molecular weight is 331 g/mol. The minimum atomic E-state index is 0.0717. The van der Waals surface area contributed by atoms with Gasteiger partial charge in [-0.2, -0.15) is 0 Å². The summed E-state index contributed by atoms with van der Waals surface area (Å²) in [5, 5.41) is 9.15. The van der Waals surface area contributed by atoms with Crippen LogP contribution in [-0.4, -0.2) is 65.1 Å². The number of pyridine rings is 1. The van der Waals surface area contributed by atoms with Crippen LogP contribution >= 0.6 is 0 Å². The summed E-state index contributed by atoms with van der Waals surface area (Å²) in [4.78, 5) is 20.6. The highest BCUT2D eigenvalue weighted by Crippen LogP contribution is 2.40. The monoisotopic (exact) mass is 331 g/mol. The third-order valence-electron chi connectivity index (χ3n) is 5.70. The van der Waals surface area contributed by atoms with E-state index in [2.05, 4.69) is 16.0 Å². The summed E-state index contributed by atoms with van der Waals surface area (Å²) in [6.07, 6.45) is 10.1. The molecule has 0 bridgehead atoms. The number of piperidine rings is 2. The van der Waals surface area contributed by atoms with Gasteiger partial charge in [-0.15, -0.1) is 0 Å². The molecule has 0 radical (unpaired) electrons. The Labute approximate surface area is 144 Å². The first-order valence-electron chi connectivity index (χ1n) is 9.21. The van der Waals surface area contributed by atoms with Gasteiger partial charge in [0.05, 0.1) is 6.61 Å². The van der Waals surface area contributed by atoms with Crippen molar-refractivity contribution in [1.82, 2.24) is 14.8 Å². The molecular formula is C19H29N3O2. The molecule has 2 aliphatic heterocycles. The van der Waals surface area contributed by atoms with Crippen LogP contribution in [0.2, 0.25) is 0 Å². The lowest BCUT2D eigenvalue weighted by Gasteiger charge is -2.47. The number of carbonyl (C=O) groups excluding carboxylic acids is 1. The molecule has 132 valence electrons. The van der Waals surface area contributed by atoms with E-state index in [0.717, 1.165) is 39.0 Å². The maximum atomic E-state index is 11.9. The molecule has 0 aliphatic carbocycles. The van der Waals surface area contributed by atoms with Crippen LogP contribution in [0, 0.1) is 5.41 Å². The molecule has 1 N–H and O–H groups in total. The second-order valence-corrected chi connectivity index (χ2v) is 7.35. The first-order valence-corrected chi connectivity index (χ1v) is 9.21. The van der Waals surface area contributed by atoms with Gasteiger partial charge in [0, 0.05) is 31.9 Å². The first kappa shape index (κ1) is 17.4. The lowest BCUT2D eigenvalue weighted by Crippen LogP contribution is -2.52. The maximum Gasteiger partial charge on any atom is 0.222 e. The van der Waals surface area contributed by atoms with Crippen molar-refractivity contribution >= 4 is 5.91 Å². The lowest BCUT2D eigenvalue weighted by atomic mass is 9.72. The standard InChI is InChI=1S/C19H29N3O2/c23-14-13-22-16-19(6-5-18(22)24)7-11-21(12-8-19)10-2-4-17-3-1-9-20-15-17/h1,3,9,15,23H,2,4-8,10-14,16H2. The summed E-state index contributed by atoms with van der Waals surface area (Å²) in [5.74, 6) is 0.216. The molecule has 2 fully saturated rings. The van der Waals surface area contributed by atoms with Crippen LogP contribution in [0.3, 0.4) is 0 Å². The number of β-amino-alcohol motifs (C(OH)–C–C–N with tert-alkyl or cyclic N) is 1. The van der Waals surface area contributed by atoms with Crippen LogP contribution in [0.4, 0.5) is 0 Å². The summed E-state index contributed by atoms with van der Waals surface area (Å²) < 4.78 is 0. The second-order valence-electron chi connectivity index (χ2n) is 7.35. The van der Waals surface area contributed by atoms with E-state index in [9.17, 15) is 4.79 Å². The Bertz CT molecular complexity index is 527. The second kappa shape index (κ2) is 8.08. The SMILES string of the molecule is O=C1CCC2(CCN(CCCc3cccnc3)CC2)CN1CCO. The molecule has 3 rings (SSSR count). The van der Waals surface area contributed by atoms with Crippen molar-refractivity contribution in [2.24, 2.45) is 5.41 Å². The summed E-state index contributed by atoms with van der Waals surface area (Å²) in [6.45, 7) is 4.82. The molecule has 24 heavy (non-hydrogen) atoms. The zero-order valence-electron chi connectivity index (χ0n) is 14.5. The van der Waals surface area contributed by atoms with Crippen molar-refractivity contribution in [3.8, 4) is 0 Å². The molecule has 3 heterocycles. The number of amides is 1. The van der Waals surface area contributed by atoms with Crippen LogP contribution in [0.15, 0.2) is 24.5 Å². The third-order valence-corrected chi connectivity index (χ3v) is 5.70. The van der Waals surface area contributed by atoms with Crippen LogP contribution < -0.4 is 0 Å². The van der Waals surface area contributed by atoms with Crippen molar-refractivity contribution in [3.05, 3.63) is 30.1 Å². The van der Waals surface area contributed by atoms with Gasteiger partial charge in [-0.1, -0.05) is 6.07 Å². The Balaban J connectivity index is 1.43. The summed E-state index contributed by atoms with van der Waals surface area (Å²) in [7, 11) is 0. The number of hydrogen-bond donors (Lipinski definition) is 1. The Hall–Kier alpha value is -1.46. The van der Waals surface area contributed by atoms with E-state index in [4.69, 9.17) is 5.11 Å². The van der Waals surface area contributed by atoms with Crippen molar-refractivity contribution < 1.29 is 9.90 Å². The van der Waals surface area contributed by atoms with Crippen molar-refractivity contribution in [2.75, 3.05) is 39.3 Å². The fraction of sp³-hybridized carbons (Fsp3) is 0.684. The van der Waals surface area contributed by atoms with Gasteiger partial charge < -0.3 is 14.9 Å². The fourth-order valence-electron chi connectivity index (χ4n) is 4.14. The normalized spacial score (nSPS) is 21.4. The van der Waals surface area contributed by atoms with Gasteiger partial charge in [0.25, 0.3) is 0 Å². The topological polar surface area (TPSA) is 56.7 Å². The van der Waals surface area contributed by atoms with Gasteiger partial charge in [-0.25, -0.2) is 0 Å². The zero-order chi connectivity index (χ0) is 16.8. The quantitative estimate of drug-likeness (QED) is 0.862. The fourth-order valence-corrected chi connectivity index (χ4v) is 4.14. The molecule has 0 atom stereocenters. The Morgan fingerprint density at radius 3 is 2.75 bits per heavy atom. The molecule has 5 nitrogen and oxygen atoms in total. The van der Waals surface area contributed by atoms with Gasteiger partial charge in [0.2, 0.25) is 5.91 Å². The van der Waals surface area contributed by atoms with E-state index in [1.807, 2.05) is 23.4 Å². The van der Waals surface area contributed by atoms with E-state index in [-0.39, 0.29) is 12.5 Å². The maximum absolute atomic E-state index is 11.9. The summed E-state index contributed by atoms with van der Waals surface area (Å²) in [5.41, 5.74) is 1.61. The van der Waals surface area contributed by atoms with Crippen molar-refractivity contribution in [1.29, 1.82) is 0 Å². The van der Waals surface area contributed by atoms with E-state index >= 15 is 0 Å². The Morgan fingerprint density at radius 1 is 1.21 bits per heavy atom. The van der Waals surface area contributed by atoms with Gasteiger partial charge in [-0.05, 0) is 68.8 Å². The van der Waals surface area contributed by atoms with Gasteiger partial charge in [-0.3, -0.25) is 9.78 Å². The van der Waals surface area contributed by atoms with E-state index < -0.39 is 0 Å². The number of rotatable bonds is 6. The number of hydrogen-bond acceptors (Lipinski definition) is 4. The van der Waals surface area contributed by atoms with Gasteiger partial charge in [0.15, 0.2) is 0 Å². The predicted molar refractivity (Wildman–Crippen MR) is 93.6 cm³/mol. The number of aromatic nitrogens is 1. The number of carbonyl (C=O) groups is 1. The number of aliphatic hydroxyl groups excluding tert-OH is 1. The molecule has 1 spiro atoms. The molecule has 2 aliphatic rings. The van der Waals surface area contributed by atoms with Crippen LogP contribution in [-0.2, 0) is 11.2 Å². The largest absolute Gasteiger partial charge is 0.395 e. The van der Waals surface area contributed by atoms with Gasteiger partial charge in [0.1, 0.15) is 0 Å². The summed E-state index contributed by atoms with van der Waals surface area (Å²) >= 11 is 0. The number of nitrogens with zero attached hydrogens (tertiary/aromatic N) is 3. The minimum Gasteiger partial charge on any atom is -0.395 e. The minimum absolute atomic E-state index is 0.0717. The first-order chi connectivity index (χ1) is 11.7. The molecule has 5 heteroatoms. The molecule has 1 aromatic rings. The number of likely N-dealkylation sites (tertiary alicyclic amines) is 2. The van der Waals surface area contributed by atoms with E-state index in [0.29, 0.717) is 18.4 Å². The Morgan fingerprint density at radius 2 is 2.04 bits per heavy atom. The molecule has 0 saturated carbocycles. The molecule has 1 aromatic heterocycles. The highest BCUT2D eigenvalue weighted by molar-refractivity contribution is 5.77. The smallest absolute Gasteiger partial charge is 0.222 e. The molecule has 1 amide bonds. The molecule has 0 unspecified atom stereocenters. The highest BCUT2D eigenvalue weighted by atomic mass is 16.3. The molecule has 0 aromatic carbocycles. The van der Waals surface area contributed by atoms with Crippen molar-refractivity contribution in [2.45, 2.75) is 38.5 Å². The highest BCUT2D eigenvalue weighted by Gasteiger charge is 2.40. The van der Waals surface area contributed by atoms with Gasteiger partial charge >= 0.3 is 0 Å². The molecular weight excluding hydrogens is 302 g/mol. The van der Waals surface area contributed by atoms with Crippen molar-refractivity contribution in [3.63, 3.8) is 0 Å². The molecule has 2 saturated heterocycles. The zero-order valence-corrected chi connectivity index (χ0v) is 14.5. The van der Waals surface area contributed by atoms with E-state index in [1.165, 1.54) is 24.8 Å².